The van der Waals surface area contributed by atoms with Crippen LogP contribution in [0.2, 0.25) is 10.0 Å². The summed E-state index contributed by atoms with van der Waals surface area (Å²) in [5, 5.41) is 4.73. The van der Waals surface area contributed by atoms with Crippen molar-refractivity contribution >= 4 is 23.2 Å². The van der Waals surface area contributed by atoms with Crippen LogP contribution in [0.5, 0.6) is 0 Å². The summed E-state index contributed by atoms with van der Waals surface area (Å²) in [5.41, 5.74) is 1.01. The van der Waals surface area contributed by atoms with E-state index in [0.717, 1.165) is 23.6 Å². The average molecular weight is 274 g/mol. The van der Waals surface area contributed by atoms with E-state index in [-0.39, 0.29) is 12.1 Å². The van der Waals surface area contributed by atoms with E-state index >= 15 is 0 Å². The van der Waals surface area contributed by atoms with Gasteiger partial charge in [0.25, 0.3) is 0 Å². The van der Waals surface area contributed by atoms with Crippen molar-refractivity contribution in [1.29, 1.82) is 0 Å². The third-order valence-corrected chi connectivity index (χ3v) is 3.96. The molecule has 3 atom stereocenters. The summed E-state index contributed by atoms with van der Waals surface area (Å²) in [6, 6.07) is 5.65. The molecular weight excluding hydrogens is 257 g/mol. The Morgan fingerprint density at radius 3 is 2.76 bits per heavy atom. The summed E-state index contributed by atoms with van der Waals surface area (Å²) in [4.78, 5) is 0. The number of ether oxygens (including phenoxy) is 1. The Labute approximate surface area is 112 Å². The molecule has 1 fully saturated rings. The van der Waals surface area contributed by atoms with Crippen LogP contribution in [0.3, 0.4) is 0 Å². The average Bonchev–Trinajstić information content (AvgIpc) is 2.71. The van der Waals surface area contributed by atoms with Gasteiger partial charge in [-0.15, -0.1) is 0 Å². The highest BCUT2D eigenvalue weighted by Gasteiger charge is 2.33. The standard InChI is InChI=1S/C13H17Cl2NO/c1-8-5-6-17-13(8)12(16-2)10-7-9(14)3-4-11(10)15/h3-4,7-8,12-13,16H,5-6H2,1-2H3. The minimum Gasteiger partial charge on any atom is -0.376 e. The molecule has 1 aliphatic heterocycles. The SMILES string of the molecule is CNC(c1cc(Cl)ccc1Cl)C1OCCC1C. The molecule has 0 amide bonds. The third-order valence-electron chi connectivity index (χ3n) is 3.38. The topological polar surface area (TPSA) is 21.3 Å². The Hall–Kier alpha value is -0.280. The molecule has 4 heteroatoms. The van der Waals surface area contributed by atoms with Crippen LogP contribution in [0.4, 0.5) is 0 Å². The highest BCUT2D eigenvalue weighted by Crippen LogP contribution is 2.35. The second-order valence-electron chi connectivity index (χ2n) is 4.53. The number of likely N-dealkylation sites (N-methyl/N-ethyl adjacent to an activating group) is 1. The molecule has 1 aromatic carbocycles. The van der Waals surface area contributed by atoms with Crippen LogP contribution in [-0.4, -0.2) is 19.8 Å². The summed E-state index contributed by atoms with van der Waals surface area (Å²) in [6.07, 6.45) is 1.26. The van der Waals surface area contributed by atoms with Gasteiger partial charge in [0.15, 0.2) is 0 Å². The van der Waals surface area contributed by atoms with E-state index in [9.17, 15) is 0 Å². The van der Waals surface area contributed by atoms with Gasteiger partial charge in [-0.2, -0.15) is 0 Å². The van der Waals surface area contributed by atoms with Crippen LogP contribution >= 0.6 is 23.2 Å². The van der Waals surface area contributed by atoms with Crippen molar-refractivity contribution in [3.63, 3.8) is 0 Å². The zero-order valence-electron chi connectivity index (χ0n) is 10.0. The van der Waals surface area contributed by atoms with Crippen LogP contribution in [0.25, 0.3) is 0 Å². The second kappa shape index (κ2) is 5.57. The number of hydrogen-bond acceptors (Lipinski definition) is 2. The quantitative estimate of drug-likeness (QED) is 0.907. The summed E-state index contributed by atoms with van der Waals surface area (Å²) >= 11 is 12.3. The largest absolute Gasteiger partial charge is 0.376 e. The first-order valence-corrected chi connectivity index (χ1v) is 6.63. The molecule has 0 spiro atoms. The molecule has 1 N–H and O–H groups in total. The molecule has 0 aromatic heterocycles. The van der Waals surface area contributed by atoms with Crippen LogP contribution in [0.1, 0.15) is 24.9 Å². The summed E-state index contributed by atoms with van der Waals surface area (Å²) in [6.45, 7) is 3.03. The van der Waals surface area contributed by atoms with Crippen molar-refractivity contribution in [2.45, 2.75) is 25.5 Å². The third kappa shape index (κ3) is 2.76. The first kappa shape index (κ1) is 13.2. The minimum absolute atomic E-state index is 0.0960. The van der Waals surface area contributed by atoms with Gasteiger partial charge in [-0.1, -0.05) is 30.1 Å². The van der Waals surface area contributed by atoms with Crippen molar-refractivity contribution < 1.29 is 4.74 Å². The fourth-order valence-corrected chi connectivity index (χ4v) is 2.81. The number of hydrogen-bond donors (Lipinski definition) is 1. The Kier molecular flexibility index (Phi) is 4.31. The predicted octanol–water partition coefficient (Wildman–Crippen LogP) is 3.68. The fraction of sp³-hybridized carbons (Fsp3) is 0.538. The van der Waals surface area contributed by atoms with Crippen molar-refractivity contribution in [2.24, 2.45) is 5.92 Å². The first-order chi connectivity index (χ1) is 8.13. The molecule has 94 valence electrons. The van der Waals surface area contributed by atoms with Crippen LogP contribution in [0.15, 0.2) is 18.2 Å². The lowest BCUT2D eigenvalue weighted by atomic mass is 9.92. The van der Waals surface area contributed by atoms with E-state index in [2.05, 4.69) is 12.2 Å². The lowest BCUT2D eigenvalue weighted by Gasteiger charge is -2.27. The molecular formula is C13H17Cl2NO. The molecule has 17 heavy (non-hydrogen) atoms. The maximum Gasteiger partial charge on any atom is 0.0796 e. The molecule has 3 unspecified atom stereocenters. The smallest absolute Gasteiger partial charge is 0.0796 e. The van der Waals surface area contributed by atoms with Gasteiger partial charge in [0.1, 0.15) is 0 Å². The lowest BCUT2D eigenvalue weighted by Crippen LogP contribution is -2.32. The summed E-state index contributed by atoms with van der Waals surface area (Å²) in [7, 11) is 1.93. The van der Waals surface area contributed by atoms with E-state index in [1.165, 1.54) is 0 Å². The molecule has 0 bridgehead atoms. The molecule has 0 saturated carbocycles. The maximum absolute atomic E-state index is 6.24. The highest BCUT2D eigenvalue weighted by molar-refractivity contribution is 6.33. The summed E-state index contributed by atoms with van der Waals surface area (Å²) < 4.78 is 5.80. The molecule has 1 saturated heterocycles. The number of rotatable bonds is 3. The van der Waals surface area contributed by atoms with Gasteiger partial charge in [0.2, 0.25) is 0 Å². The van der Waals surface area contributed by atoms with Crippen molar-refractivity contribution in [1.82, 2.24) is 5.32 Å². The Morgan fingerprint density at radius 2 is 2.18 bits per heavy atom. The molecule has 0 aliphatic carbocycles. The normalized spacial score (nSPS) is 26.1. The molecule has 2 rings (SSSR count). The van der Waals surface area contributed by atoms with Gasteiger partial charge in [0.05, 0.1) is 12.1 Å². The predicted molar refractivity (Wildman–Crippen MR) is 71.8 cm³/mol. The highest BCUT2D eigenvalue weighted by atomic mass is 35.5. The van der Waals surface area contributed by atoms with Crippen LogP contribution in [-0.2, 0) is 4.74 Å². The van der Waals surface area contributed by atoms with Gasteiger partial charge in [-0.05, 0) is 43.1 Å². The Morgan fingerprint density at radius 1 is 1.41 bits per heavy atom. The Balaban J connectivity index is 2.31. The zero-order chi connectivity index (χ0) is 12.4. The van der Waals surface area contributed by atoms with Gasteiger partial charge in [-0.3, -0.25) is 0 Å². The van der Waals surface area contributed by atoms with Crippen LogP contribution < -0.4 is 5.32 Å². The number of nitrogens with one attached hydrogen (secondary N) is 1. The molecule has 0 radical (unpaired) electrons. The van der Waals surface area contributed by atoms with E-state index in [4.69, 9.17) is 27.9 Å². The first-order valence-electron chi connectivity index (χ1n) is 5.87. The van der Waals surface area contributed by atoms with E-state index in [0.29, 0.717) is 10.9 Å². The van der Waals surface area contributed by atoms with Crippen molar-refractivity contribution in [3.8, 4) is 0 Å². The van der Waals surface area contributed by atoms with Crippen molar-refractivity contribution in [2.75, 3.05) is 13.7 Å². The van der Waals surface area contributed by atoms with Gasteiger partial charge < -0.3 is 10.1 Å². The monoisotopic (exact) mass is 273 g/mol. The zero-order valence-corrected chi connectivity index (χ0v) is 11.6. The Bertz CT molecular complexity index is 397. The fourth-order valence-electron chi connectivity index (χ4n) is 2.39. The van der Waals surface area contributed by atoms with Gasteiger partial charge in [0, 0.05) is 16.7 Å². The summed E-state index contributed by atoms with van der Waals surface area (Å²) in [5.74, 6) is 0.530. The second-order valence-corrected chi connectivity index (χ2v) is 5.38. The maximum atomic E-state index is 6.24. The van der Waals surface area contributed by atoms with Crippen LogP contribution in [0, 0.1) is 5.92 Å². The lowest BCUT2D eigenvalue weighted by molar-refractivity contribution is 0.0631. The molecule has 2 nitrogen and oxygen atoms in total. The number of halogens is 2. The molecule has 1 aliphatic rings. The number of benzene rings is 1. The van der Waals surface area contributed by atoms with E-state index in [1.807, 2.05) is 19.2 Å². The van der Waals surface area contributed by atoms with E-state index in [1.54, 1.807) is 6.07 Å². The van der Waals surface area contributed by atoms with Crippen molar-refractivity contribution in [3.05, 3.63) is 33.8 Å². The van der Waals surface area contributed by atoms with Gasteiger partial charge >= 0.3 is 0 Å². The molecule has 1 aromatic rings. The van der Waals surface area contributed by atoms with E-state index < -0.39 is 0 Å². The molecule has 1 heterocycles. The van der Waals surface area contributed by atoms with Gasteiger partial charge in [-0.25, -0.2) is 0 Å². The minimum atomic E-state index is 0.0960.